The van der Waals surface area contributed by atoms with Crippen LogP contribution >= 0.6 is 15.9 Å². The lowest BCUT2D eigenvalue weighted by Crippen LogP contribution is -2.58. The Labute approximate surface area is 297 Å². The third-order valence-electron chi connectivity index (χ3n) is 9.65. The quantitative estimate of drug-likeness (QED) is 0.272. The van der Waals surface area contributed by atoms with Crippen molar-refractivity contribution in [2.24, 2.45) is 11.7 Å². The molecule has 1 aliphatic carbocycles. The molecule has 3 aliphatic rings. The zero-order chi connectivity index (χ0) is 35.6. The number of nitrogens with zero attached hydrogens (tertiary/aromatic N) is 3. The average Bonchev–Trinajstić information content (AvgIpc) is 3.67. The van der Waals surface area contributed by atoms with E-state index in [1.165, 1.54) is 4.90 Å². The number of methoxy groups -OCH3 is 1. The summed E-state index contributed by atoms with van der Waals surface area (Å²) in [7, 11) is 1.59. The van der Waals surface area contributed by atoms with Gasteiger partial charge in [-0.15, -0.1) is 0 Å². The largest absolute Gasteiger partial charge is 0.497 e. The lowest BCUT2D eigenvalue weighted by atomic mass is 10.1. The van der Waals surface area contributed by atoms with Crippen LogP contribution in [0.4, 0.5) is 4.79 Å². The Morgan fingerprint density at radius 2 is 1.82 bits per heavy atom. The zero-order valence-electron chi connectivity index (χ0n) is 27.5. The average molecular weight is 752 g/mol. The number of fused-ring (bicyclic) bond motifs is 3. The molecular weight excluding hydrogens is 712 g/mol. The molecule has 5 atom stereocenters. The number of carboxylic acid groups (broad SMARTS) is 2. The van der Waals surface area contributed by atoms with Crippen molar-refractivity contribution in [3.8, 4) is 17.4 Å². The van der Waals surface area contributed by atoms with Crippen molar-refractivity contribution in [3.63, 3.8) is 0 Å². The predicted molar refractivity (Wildman–Crippen MR) is 185 cm³/mol. The molecule has 0 bridgehead atoms. The van der Waals surface area contributed by atoms with Gasteiger partial charge in [-0.05, 0) is 71.4 Å². The first-order chi connectivity index (χ1) is 24.0. The summed E-state index contributed by atoms with van der Waals surface area (Å²) in [5.41, 5.74) is 5.85. The Balaban J connectivity index is 1.31. The molecule has 2 aromatic carbocycles. The minimum absolute atomic E-state index is 0.0513. The molecule has 13 nitrogen and oxygen atoms in total. The molecule has 1 saturated carbocycles. The summed E-state index contributed by atoms with van der Waals surface area (Å²) in [6.45, 7) is 0.130. The summed E-state index contributed by atoms with van der Waals surface area (Å²) in [5.74, 6) is -2.30. The number of carboxylic acids is 1. The number of pyridine rings is 1. The van der Waals surface area contributed by atoms with E-state index >= 15 is 0 Å². The van der Waals surface area contributed by atoms with Gasteiger partial charge in [0, 0.05) is 17.7 Å². The van der Waals surface area contributed by atoms with E-state index in [4.69, 9.17) is 24.9 Å². The van der Waals surface area contributed by atoms with Crippen molar-refractivity contribution in [2.45, 2.75) is 75.3 Å². The van der Waals surface area contributed by atoms with Crippen LogP contribution < -0.4 is 19.9 Å². The van der Waals surface area contributed by atoms with Crippen LogP contribution in [0.25, 0.3) is 10.9 Å². The molecule has 1 aromatic heterocycles. The Hall–Kier alpha value is -4.69. The highest BCUT2D eigenvalue weighted by atomic mass is 79.9. The standard InChI is InChI=1S/C36H39BrN4O9/c1-48-23-15-13-21(14-16-23)20-49-30-25-10-7-8-12-27(25)39-31(29(30)37)50-24-17-28-33(43)41(35(46)47)36(34(44)45)18-22(36)9-5-3-2-4-6-11-26(38)32(42)40(28)19-24/h5,7-10,12-16,22,24,26,28H,2-4,6,11,17-20,38H2,1H3,(H,44,45)(H,46,47)/b9-5-/t22-,24-,26+,28+,36-/m1/s1. The van der Waals surface area contributed by atoms with Crippen LogP contribution in [0.2, 0.25) is 0 Å². The van der Waals surface area contributed by atoms with Gasteiger partial charge in [0.15, 0.2) is 5.54 Å². The van der Waals surface area contributed by atoms with E-state index in [-0.39, 0.29) is 31.9 Å². The monoisotopic (exact) mass is 750 g/mol. The van der Waals surface area contributed by atoms with Gasteiger partial charge < -0.3 is 35.1 Å². The SMILES string of the molecule is COc1ccc(COc2c(Br)c(O[C@@H]3C[C@H]4C(=O)N(C(=O)O)[C@]5(C(=O)O)C[C@H]5/C=C\CCCCC[C@H](N)C(=O)N4C3)nc3ccccc23)cc1. The molecule has 4 N–H and O–H groups in total. The van der Waals surface area contributed by atoms with Crippen LogP contribution in [0.5, 0.6) is 17.4 Å². The molecule has 50 heavy (non-hydrogen) atoms. The molecular formula is C36H39BrN4O9. The summed E-state index contributed by atoms with van der Waals surface area (Å²) in [6, 6.07) is 12.5. The van der Waals surface area contributed by atoms with Crippen LogP contribution in [0.3, 0.4) is 0 Å². The minimum atomic E-state index is -1.96. The third kappa shape index (κ3) is 6.86. The van der Waals surface area contributed by atoms with Crippen LogP contribution in [-0.4, -0.2) is 86.3 Å². The lowest BCUT2D eigenvalue weighted by molar-refractivity contribution is -0.154. The van der Waals surface area contributed by atoms with Crippen molar-refractivity contribution in [1.82, 2.24) is 14.8 Å². The summed E-state index contributed by atoms with van der Waals surface area (Å²) in [4.78, 5) is 59.5. The summed E-state index contributed by atoms with van der Waals surface area (Å²) >= 11 is 3.61. The van der Waals surface area contributed by atoms with E-state index in [0.717, 1.165) is 29.5 Å². The Bertz CT molecular complexity index is 1820. The number of imide groups is 1. The molecule has 0 spiro atoms. The molecule has 3 heterocycles. The number of aromatic nitrogens is 1. The number of allylic oxidation sites excluding steroid dienone is 1. The van der Waals surface area contributed by atoms with Gasteiger partial charge in [0.05, 0.1) is 25.2 Å². The third-order valence-corrected chi connectivity index (χ3v) is 10.3. The number of nitrogens with two attached hydrogens (primary N) is 1. The summed E-state index contributed by atoms with van der Waals surface area (Å²) in [6.07, 6.45) is 4.17. The first-order valence-corrected chi connectivity index (χ1v) is 17.4. The van der Waals surface area contributed by atoms with E-state index in [9.17, 15) is 29.4 Å². The highest BCUT2D eigenvalue weighted by Crippen LogP contribution is 2.51. The van der Waals surface area contributed by atoms with Crippen LogP contribution in [0.1, 0.15) is 50.5 Å². The molecule has 0 radical (unpaired) electrons. The normalized spacial score (nSPS) is 26.3. The molecule has 1 saturated heterocycles. The van der Waals surface area contributed by atoms with Gasteiger partial charge in [0.1, 0.15) is 34.7 Å². The fourth-order valence-corrected chi connectivity index (χ4v) is 7.37. The molecule has 2 aliphatic heterocycles. The number of ether oxygens (including phenoxy) is 3. The maximum Gasteiger partial charge on any atom is 0.415 e. The summed E-state index contributed by atoms with van der Waals surface area (Å²) < 4.78 is 18.3. The molecule has 3 aromatic rings. The molecule has 6 rings (SSSR count). The molecule has 264 valence electrons. The predicted octanol–water partition coefficient (Wildman–Crippen LogP) is 5.13. The van der Waals surface area contributed by atoms with E-state index in [1.54, 1.807) is 19.3 Å². The first-order valence-electron chi connectivity index (χ1n) is 16.6. The maximum atomic E-state index is 14.2. The number of rotatable bonds is 7. The summed E-state index contributed by atoms with van der Waals surface area (Å²) in [5, 5.41) is 21.2. The van der Waals surface area contributed by atoms with Crippen molar-refractivity contribution in [3.05, 3.63) is 70.7 Å². The van der Waals surface area contributed by atoms with Gasteiger partial charge >= 0.3 is 12.1 Å². The number of halogens is 1. The van der Waals surface area contributed by atoms with Crippen LogP contribution in [0, 0.1) is 5.92 Å². The Kier molecular flexibility index (Phi) is 10.3. The fourth-order valence-electron chi connectivity index (χ4n) is 6.86. The number of carbonyl (C=O) groups excluding carboxylic acids is 2. The topological polar surface area (TPSA) is 182 Å². The first kappa shape index (κ1) is 35.1. The highest BCUT2D eigenvalue weighted by Gasteiger charge is 2.68. The van der Waals surface area contributed by atoms with E-state index in [1.807, 2.05) is 48.5 Å². The number of benzene rings is 2. The van der Waals surface area contributed by atoms with Crippen LogP contribution in [-0.2, 0) is 21.0 Å². The number of hydrogen-bond donors (Lipinski definition) is 3. The van der Waals surface area contributed by atoms with E-state index in [2.05, 4.69) is 15.9 Å². The number of carbonyl (C=O) groups is 4. The number of para-hydroxylation sites is 1. The smallest absolute Gasteiger partial charge is 0.415 e. The Morgan fingerprint density at radius 1 is 1.06 bits per heavy atom. The van der Waals surface area contributed by atoms with Crippen molar-refractivity contribution < 1.29 is 43.6 Å². The van der Waals surface area contributed by atoms with Gasteiger partial charge in [-0.25, -0.2) is 19.5 Å². The lowest BCUT2D eigenvalue weighted by Gasteiger charge is -2.32. The second kappa shape index (κ2) is 14.7. The van der Waals surface area contributed by atoms with Crippen LogP contribution in [0.15, 0.2) is 65.2 Å². The molecule has 14 heteroatoms. The second-order valence-corrected chi connectivity index (χ2v) is 13.7. The molecule has 2 fully saturated rings. The maximum absolute atomic E-state index is 14.2. The number of amides is 3. The van der Waals surface area contributed by atoms with Gasteiger partial charge in [-0.2, -0.15) is 0 Å². The number of aliphatic carboxylic acids is 1. The van der Waals surface area contributed by atoms with Crippen molar-refractivity contribution >= 4 is 50.7 Å². The number of hydrogen-bond acceptors (Lipinski definition) is 9. The fraction of sp³-hybridized carbons (Fsp3) is 0.417. The molecule has 3 amide bonds. The van der Waals surface area contributed by atoms with Gasteiger partial charge in [-0.3, -0.25) is 9.59 Å². The van der Waals surface area contributed by atoms with Gasteiger partial charge in [0.2, 0.25) is 11.8 Å². The van der Waals surface area contributed by atoms with Gasteiger partial charge in [-0.1, -0.05) is 49.3 Å². The highest BCUT2D eigenvalue weighted by molar-refractivity contribution is 9.10. The minimum Gasteiger partial charge on any atom is -0.497 e. The molecule has 0 unspecified atom stereocenters. The zero-order valence-corrected chi connectivity index (χ0v) is 29.1. The Morgan fingerprint density at radius 3 is 2.54 bits per heavy atom. The van der Waals surface area contributed by atoms with Gasteiger partial charge in [0.25, 0.3) is 5.91 Å². The van der Waals surface area contributed by atoms with E-state index < -0.39 is 53.5 Å². The van der Waals surface area contributed by atoms with Crippen molar-refractivity contribution in [2.75, 3.05) is 13.7 Å². The second-order valence-electron chi connectivity index (χ2n) is 12.9. The van der Waals surface area contributed by atoms with Crippen molar-refractivity contribution in [1.29, 1.82) is 0 Å². The van der Waals surface area contributed by atoms with E-state index in [0.29, 0.717) is 39.9 Å².